The smallest absolute Gasteiger partial charge is 0.355 e. The third-order valence-corrected chi connectivity index (χ3v) is 2.70. The molecular formula is C14H13NO3. The molecule has 2 aliphatic carbocycles. The Hall–Kier alpha value is -2.36. The molecule has 0 spiro atoms. The molecule has 92 valence electrons. The highest BCUT2D eigenvalue weighted by Gasteiger charge is 2.12. The van der Waals surface area contributed by atoms with Crippen LogP contribution < -0.4 is 0 Å². The number of fused-ring (bicyclic) bond motifs is 1. The molecule has 0 aromatic carbocycles. The van der Waals surface area contributed by atoms with Crippen LogP contribution >= 0.6 is 0 Å². The van der Waals surface area contributed by atoms with E-state index in [1.54, 1.807) is 6.07 Å². The molecular weight excluding hydrogens is 230 g/mol. The van der Waals surface area contributed by atoms with E-state index in [9.17, 15) is 9.59 Å². The molecule has 18 heavy (non-hydrogen) atoms. The monoisotopic (exact) mass is 243 g/mol. The van der Waals surface area contributed by atoms with Crippen LogP contribution in [0.4, 0.5) is 0 Å². The molecule has 0 saturated heterocycles. The Labute approximate surface area is 105 Å². The number of aromatic nitrogens is 1. The van der Waals surface area contributed by atoms with Crippen LogP contribution in [0.1, 0.15) is 22.2 Å². The fourth-order valence-corrected chi connectivity index (χ4v) is 1.59. The van der Waals surface area contributed by atoms with Gasteiger partial charge in [0.1, 0.15) is 5.69 Å². The first kappa shape index (κ1) is 12.1. The van der Waals surface area contributed by atoms with Gasteiger partial charge in [-0.15, -0.1) is 0 Å². The van der Waals surface area contributed by atoms with Crippen LogP contribution in [0.25, 0.3) is 11.1 Å². The first-order chi connectivity index (χ1) is 8.63. The van der Waals surface area contributed by atoms with Crippen LogP contribution in [0.3, 0.4) is 0 Å². The standard InChI is InChI=1S/C8H9NO3.C6H4/c1-6(10)9-5-3-4-7(9)8(11)12-2;1-2-6-4-3-5(1)6/h3-5H,1-2H3;1-4H. The number of nitrogens with zero attached hydrogens (tertiary/aromatic N) is 1. The van der Waals surface area contributed by atoms with Gasteiger partial charge < -0.3 is 4.74 Å². The molecule has 1 aromatic heterocycles. The average molecular weight is 243 g/mol. The molecule has 1 heterocycles. The van der Waals surface area contributed by atoms with Gasteiger partial charge in [-0.3, -0.25) is 9.36 Å². The first-order valence-electron chi connectivity index (χ1n) is 5.50. The van der Waals surface area contributed by atoms with Gasteiger partial charge in [-0.2, -0.15) is 0 Å². The maximum atomic E-state index is 11.0. The summed E-state index contributed by atoms with van der Waals surface area (Å²) in [5, 5.41) is 0. The molecule has 2 aliphatic rings. The van der Waals surface area contributed by atoms with Gasteiger partial charge in [0.25, 0.3) is 0 Å². The number of esters is 1. The molecule has 4 heteroatoms. The van der Waals surface area contributed by atoms with Gasteiger partial charge in [0.15, 0.2) is 0 Å². The van der Waals surface area contributed by atoms with E-state index in [2.05, 4.69) is 29.0 Å². The lowest BCUT2D eigenvalue weighted by molar-refractivity contribution is 0.0582. The number of carbonyl (C=O) groups is 2. The third kappa shape index (κ3) is 2.18. The maximum Gasteiger partial charge on any atom is 0.355 e. The SMILES string of the molecule is COC(=O)c1cccn1C(C)=O.c1cc2ccc1-2. The summed E-state index contributed by atoms with van der Waals surface area (Å²) in [7, 11) is 1.28. The zero-order chi connectivity index (χ0) is 13.1. The minimum atomic E-state index is -0.504. The molecule has 0 radical (unpaired) electrons. The highest BCUT2D eigenvalue weighted by Crippen LogP contribution is 2.29. The number of methoxy groups -OCH3 is 1. The van der Waals surface area contributed by atoms with Crippen molar-refractivity contribution in [2.75, 3.05) is 7.11 Å². The lowest BCUT2D eigenvalue weighted by Crippen LogP contribution is -2.14. The Balaban J connectivity index is 0.000000164. The van der Waals surface area contributed by atoms with E-state index >= 15 is 0 Å². The summed E-state index contributed by atoms with van der Waals surface area (Å²) in [4.78, 5) is 21.9. The van der Waals surface area contributed by atoms with Crippen LogP contribution in [0.5, 0.6) is 0 Å². The minimum absolute atomic E-state index is 0.208. The normalized spacial score (nSPS) is 10.1. The Morgan fingerprint density at radius 3 is 1.94 bits per heavy atom. The van der Waals surface area contributed by atoms with E-state index in [-0.39, 0.29) is 11.6 Å². The predicted molar refractivity (Wildman–Crippen MR) is 67.5 cm³/mol. The molecule has 0 fully saturated rings. The molecule has 0 amide bonds. The summed E-state index contributed by atoms with van der Waals surface area (Å²) < 4.78 is 5.72. The van der Waals surface area contributed by atoms with Crippen LogP contribution in [-0.2, 0) is 4.74 Å². The van der Waals surface area contributed by atoms with E-state index in [1.165, 1.54) is 42.0 Å². The fraction of sp³-hybridized carbons (Fsp3) is 0.143. The summed E-state index contributed by atoms with van der Waals surface area (Å²) in [6.07, 6.45) is 1.52. The van der Waals surface area contributed by atoms with Gasteiger partial charge >= 0.3 is 5.97 Å². The van der Waals surface area contributed by atoms with Crippen LogP contribution in [0.15, 0.2) is 42.6 Å². The molecule has 0 aliphatic heterocycles. The number of hydrogen-bond acceptors (Lipinski definition) is 3. The van der Waals surface area contributed by atoms with Crippen molar-refractivity contribution in [3.05, 3.63) is 48.3 Å². The zero-order valence-electron chi connectivity index (χ0n) is 10.2. The molecule has 0 atom stereocenters. The average Bonchev–Trinajstić information content (AvgIpc) is 2.82. The van der Waals surface area contributed by atoms with Gasteiger partial charge in [0, 0.05) is 13.1 Å². The van der Waals surface area contributed by atoms with Crippen molar-refractivity contribution >= 4 is 11.9 Å². The van der Waals surface area contributed by atoms with Crippen molar-refractivity contribution in [1.82, 2.24) is 4.57 Å². The summed E-state index contributed by atoms with van der Waals surface area (Å²) in [6.45, 7) is 1.38. The number of benzene rings is 1. The Morgan fingerprint density at radius 1 is 1.06 bits per heavy atom. The van der Waals surface area contributed by atoms with E-state index in [4.69, 9.17) is 0 Å². The van der Waals surface area contributed by atoms with Crippen LogP contribution in [-0.4, -0.2) is 23.6 Å². The van der Waals surface area contributed by atoms with Gasteiger partial charge in [0.05, 0.1) is 7.11 Å². The lowest BCUT2D eigenvalue weighted by atomic mass is 9.95. The zero-order valence-corrected chi connectivity index (χ0v) is 10.2. The quantitative estimate of drug-likeness (QED) is 0.617. The van der Waals surface area contributed by atoms with Crippen molar-refractivity contribution in [2.24, 2.45) is 0 Å². The van der Waals surface area contributed by atoms with Crippen molar-refractivity contribution in [1.29, 1.82) is 0 Å². The van der Waals surface area contributed by atoms with E-state index in [0.29, 0.717) is 0 Å². The topological polar surface area (TPSA) is 48.3 Å². The maximum absolute atomic E-state index is 11.0. The highest BCUT2D eigenvalue weighted by molar-refractivity contribution is 5.92. The van der Waals surface area contributed by atoms with Gasteiger partial charge in [-0.05, 0) is 23.3 Å². The van der Waals surface area contributed by atoms with Gasteiger partial charge in [0.2, 0.25) is 5.91 Å². The van der Waals surface area contributed by atoms with E-state index < -0.39 is 5.97 Å². The summed E-state index contributed by atoms with van der Waals surface area (Å²) in [5.41, 5.74) is 3.11. The van der Waals surface area contributed by atoms with Crippen molar-refractivity contribution in [3.8, 4) is 11.1 Å². The molecule has 4 nitrogen and oxygen atoms in total. The molecule has 3 rings (SSSR count). The second kappa shape index (κ2) is 4.87. The van der Waals surface area contributed by atoms with Crippen molar-refractivity contribution in [3.63, 3.8) is 0 Å². The van der Waals surface area contributed by atoms with Crippen molar-refractivity contribution in [2.45, 2.75) is 6.92 Å². The lowest BCUT2D eigenvalue weighted by Gasteiger charge is -2.10. The summed E-state index contributed by atoms with van der Waals surface area (Å²) >= 11 is 0. The second-order valence-electron chi connectivity index (χ2n) is 3.85. The Morgan fingerprint density at radius 2 is 1.61 bits per heavy atom. The largest absolute Gasteiger partial charge is 0.464 e. The molecule has 0 unspecified atom stereocenters. The Kier molecular flexibility index (Phi) is 3.28. The molecule has 0 N–H and O–H groups in total. The molecule has 0 bridgehead atoms. The van der Waals surface area contributed by atoms with Crippen LogP contribution in [0.2, 0.25) is 0 Å². The first-order valence-corrected chi connectivity index (χ1v) is 5.50. The van der Waals surface area contributed by atoms with E-state index in [1.807, 2.05) is 0 Å². The number of ether oxygens (including phenoxy) is 1. The third-order valence-electron chi connectivity index (χ3n) is 2.70. The molecule has 1 aromatic rings. The van der Waals surface area contributed by atoms with Gasteiger partial charge in [-0.25, -0.2) is 4.79 Å². The summed E-state index contributed by atoms with van der Waals surface area (Å²) in [6, 6.07) is 11.6. The fourth-order valence-electron chi connectivity index (χ4n) is 1.59. The minimum Gasteiger partial charge on any atom is -0.464 e. The Bertz CT molecular complexity index is 560. The predicted octanol–water partition coefficient (Wildman–Crippen LogP) is 2.60. The van der Waals surface area contributed by atoms with Crippen molar-refractivity contribution < 1.29 is 14.3 Å². The van der Waals surface area contributed by atoms with E-state index in [0.717, 1.165) is 0 Å². The highest BCUT2D eigenvalue weighted by atomic mass is 16.5. The number of hydrogen-bond donors (Lipinski definition) is 0. The number of rotatable bonds is 1. The summed E-state index contributed by atoms with van der Waals surface area (Å²) in [5.74, 6) is -0.712. The second-order valence-corrected chi connectivity index (χ2v) is 3.85. The molecule has 0 saturated carbocycles. The number of carbonyl (C=O) groups excluding carboxylic acids is 2. The van der Waals surface area contributed by atoms with Gasteiger partial charge in [-0.1, -0.05) is 24.3 Å². The van der Waals surface area contributed by atoms with Crippen LogP contribution in [0, 0.1) is 0 Å².